The second kappa shape index (κ2) is 10.8. The Hall–Kier alpha value is -1.56. The first-order valence-corrected chi connectivity index (χ1v) is 9.82. The van der Waals surface area contributed by atoms with E-state index in [9.17, 15) is 4.79 Å². The van der Waals surface area contributed by atoms with Gasteiger partial charge in [-0.05, 0) is 68.3 Å². The molecule has 1 aromatic carbocycles. The van der Waals surface area contributed by atoms with Crippen molar-refractivity contribution < 1.29 is 4.79 Å². The zero-order valence-corrected chi connectivity index (χ0v) is 17.8. The Morgan fingerprint density at radius 3 is 2.43 bits per heavy atom. The third-order valence-electron chi connectivity index (χ3n) is 5.82. The Bertz CT molecular complexity index is 707. The van der Waals surface area contributed by atoms with E-state index in [1.54, 1.807) is 0 Å². The van der Waals surface area contributed by atoms with Gasteiger partial charge >= 0.3 is 0 Å². The number of aromatic nitrogens is 2. The van der Waals surface area contributed by atoms with Gasteiger partial charge < -0.3 is 14.8 Å². The quantitative estimate of drug-likeness (QED) is 0.799. The maximum absolute atomic E-state index is 12.8. The van der Waals surface area contributed by atoms with Crippen LogP contribution >= 0.6 is 24.8 Å². The number of benzene rings is 1. The van der Waals surface area contributed by atoms with E-state index in [1.807, 2.05) is 35.8 Å². The highest BCUT2D eigenvalue weighted by atomic mass is 35.5. The number of amides is 1. The van der Waals surface area contributed by atoms with Crippen LogP contribution in [0.15, 0.2) is 43.0 Å². The van der Waals surface area contributed by atoms with Crippen molar-refractivity contribution in [1.29, 1.82) is 0 Å². The summed E-state index contributed by atoms with van der Waals surface area (Å²) in [5, 5.41) is 3.42. The predicted octanol–water partition coefficient (Wildman–Crippen LogP) is 3.43. The molecule has 0 aliphatic carbocycles. The van der Waals surface area contributed by atoms with Crippen LogP contribution in [0.5, 0.6) is 0 Å². The number of hydrogen-bond donors (Lipinski definition) is 1. The smallest absolute Gasteiger partial charge is 0.253 e. The molecule has 1 amide bonds. The van der Waals surface area contributed by atoms with Crippen molar-refractivity contribution in [2.45, 2.75) is 32.2 Å². The average Bonchev–Trinajstić information content (AvgIpc) is 3.37. The summed E-state index contributed by atoms with van der Waals surface area (Å²) in [6.45, 7) is 4.97. The fourth-order valence-electron chi connectivity index (χ4n) is 4.20. The van der Waals surface area contributed by atoms with Crippen molar-refractivity contribution in [3.63, 3.8) is 0 Å². The van der Waals surface area contributed by atoms with E-state index in [1.165, 1.54) is 12.0 Å². The molecule has 1 atom stereocenters. The van der Waals surface area contributed by atoms with E-state index < -0.39 is 0 Å². The number of halogens is 2. The molecule has 1 aromatic heterocycles. The van der Waals surface area contributed by atoms with E-state index in [0.717, 1.165) is 63.5 Å². The van der Waals surface area contributed by atoms with Crippen molar-refractivity contribution in [3.8, 4) is 0 Å². The first-order valence-electron chi connectivity index (χ1n) is 9.82. The molecule has 2 fully saturated rings. The second-order valence-corrected chi connectivity index (χ2v) is 7.75. The number of nitrogens with zero attached hydrogens (tertiary/aromatic N) is 3. The zero-order chi connectivity index (χ0) is 17.8. The van der Waals surface area contributed by atoms with Gasteiger partial charge in [-0.25, -0.2) is 4.98 Å². The summed E-state index contributed by atoms with van der Waals surface area (Å²) in [6.07, 6.45) is 10.2. The van der Waals surface area contributed by atoms with E-state index in [4.69, 9.17) is 0 Å². The van der Waals surface area contributed by atoms with Gasteiger partial charge in [0.25, 0.3) is 5.91 Å². The number of rotatable bonds is 5. The fourth-order valence-corrected chi connectivity index (χ4v) is 4.20. The van der Waals surface area contributed by atoms with Crippen LogP contribution < -0.4 is 5.32 Å². The minimum Gasteiger partial charge on any atom is -0.339 e. The van der Waals surface area contributed by atoms with Crippen LogP contribution in [-0.2, 0) is 13.0 Å². The van der Waals surface area contributed by atoms with Crippen molar-refractivity contribution in [3.05, 3.63) is 54.1 Å². The SMILES string of the molecule is Cl.Cl.O=C(c1ccc(CC2CCNC2)cc1)N1CCC(Cn2ccnc2)CC1. The lowest BCUT2D eigenvalue weighted by atomic mass is 9.95. The highest BCUT2D eigenvalue weighted by Crippen LogP contribution is 2.21. The predicted molar refractivity (Wildman–Crippen MR) is 116 cm³/mol. The summed E-state index contributed by atoms with van der Waals surface area (Å²) in [4.78, 5) is 18.9. The zero-order valence-electron chi connectivity index (χ0n) is 16.1. The summed E-state index contributed by atoms with van der Waals surface area (Å²) in [5.74, 6) is 1.56. The van der Waals surface area contributed by atoms with Crippen LogP contribution in [-0.4, -0.2) is 46.5 Å². The number of nitrogens with one attached hydrogen (secondary N) is 1. The Morgan fingerprint density at radius 1 is 1.07 bits per heavy atom. The first kappa shape index (κ1) is 22.7. The summed E-state index contributed by atoms with van der Waals surface area (Å²) < 4.78 is 2.14. The molecule has 1 unspecified atom stereocenters. The third kappa shape index (κ3) is 5.72. The van der Waals surface area contributed by atoms with Gasteiger partial charge in [0.15, 0.2) is 0 Å². The average molecular weight is 425 g/mol. The van der Waals surface area contributed by atoms with Crippen molar-refractivity contribution in [1.82, 2.24) is 19.8 Å². The molecule has 2 aliphatic heterocycles. The normalized spacial score (nSPS) is 19.7. The second-order valence-electron chi connectivity index (χ2n) is 7.75. The standard InChI is InChI=1S/C21H28N4O.2ClH/c26-21(20-3-1-17(2-4-20)13-19-5-8-22-14-19)25-10-6-18(7-11-25)15-24-12-9-23-16-24;;/h1-4,9,12,16,18-19,22H,5-8,10-11,13-15H2;2*1H. The van der Waals surface area contributed by atoms with Crippen LogP contribution in [0.1, 0.15) is 35.2 Å². The number of carbonyl (C=O) groups is 1. The van der Waals surface area contributed by atoms with Crippen molar-refractivity contribution in [2.75, 3.05) is 26.2 Å². The van der Waals surface area contributed by atoms with Gasteiger partial charge in [0.05, 0.1) is 6.33 Å². The summed E-state index contributed by atoms with van der Waals surface area (Å²) in [7, 11) is 0. The Labute approximate surface area is 179 Å². The fraction of sp³-hybridized carbons (Fsp3) is 0.524. The van der Waals surface area contributed by atoms with Crippen LogP contribution in [0.25, 0.3) is 0 Å². The lowest BCUT2D eigenvalue weighted by molar-refractivity contribution is 0.0683. The van der Waals surface area contributed by atoms with E-state index in [2.05, 4.69) is 27.0 Å². The molecule has 2 aromatic rings. The summed E-state index contributed by atoms with van der Waals surface area (Å²) >= 11 is 0. The molecule has 7 heteroatoms. The summed E-state index contributed by atoms with van der Waals surface area (Å²) in [5.41, 5.74) is 2.17. The van der Waals surface area contributed by atoms with Gasteiger partial charge in [-0.1, -0.05) is 12.1 Å². The van der Waals surface area contributed by atoms with Crippen LogP contribution in [0, 0.1) is 11.8 Å². The molecule has 2 saturated heterocycles. The van der Waals surface area contributed by atoms with Crippen LogP contribution in [0.3, 0.4) is 0 Å². The molecule has 0 spiro atoms. The molecule has 28 heavy (non-hydrogen) atoms. The van der Waals surface area contributed by atoms with Crippen molar-refractivity contribution >= 4 is 30.7 Å². The monoisotopic (exact) mass is 424 g/mol. The Balaban J connectivity index is 0.00000140. The maximum Gasteiger partial charge on any atom is 0.253 e. The molecule has 5 nitrogen and oxygen atoms in total. The lowest BCUT2D eigenvalue weighted by Gasteiger charge is -2.32. The van der Waals surface area contributed by atoms with E-state index in [0.29, 0.717) is 5.92 Å². The van der Waals surface area contributed by atoms with Gasteiger partial charge in [-0.2, -0.15) is 0 Å². The lowest BCUT2D eigenvalue weighted by Crippen LogP contribution is -2.39. The van der Waals surface area contributed by atoms with Gasteiger partial charge in [0.2, 0.25) is 0 Å². The third-order valence-corrected chi connectivity index (χ3v) is 5.82. The maximum atomic E-state index is 12.8. The Kier molecular flexibility index (Phi) is 8.80. The molecular weight excluding hydrogens is 395 g/mol. The molecule has 2 aliphatic rings. The first-order chi connectivity index (χ1) is 12.8. The van der Waals surface area contributed by atoms with Crippen LogP contribution in [0.4, 0.5) is 0 Å². The van der Waals surface area contributed by atoms with Crippen molar-refractivity contribution in [2.24, 2.45) is 11.8 Å². The summed E-state index contributed by atoms with van der Waals surface area (Å²) in [6, 6.07) is 8.30. The molecule has 0 radical (unpaired) electrons. The van der Waals surface area contributed by atoms with Gasteiger partial charge in [0, 0.05) is 37.6 Å². The number of carbonyl (C=O) groups excluding carboxylic acids is 1. The number of hydrogen-bond acceptors (Lipinski definition) is 3. The molecular formula is C21H30Cl2N4O. The Morgan fingerprint density at radius 2 is 1.82 bits per heavy atom. The largest absolute Gasteiger partial charge is 0.339 e. The van der Waals surface area contributed by atoms with Gasteiger partial charge in [-0.3, -0.25) is 4.79 Å². The van der Waals surface area contributed by atoms with Gasteiger partial charge in [-0.15, -0.1) is 24.8 Å². The van der Waals surface area contributed by atoms with E-state index >= 15 is 0 Å². The molecule has 0 saturated carbocycles. The highest BCUT2D eigenvalue weighted by Gasteiger charge is 2.24. The number of likely N-dealkylation sites (tertiary alicyclic amines) is 1. The van der Waals surface area contributed by atoms with Crippen LogP contribution in [0.2, 0.25) is 0 Å². The minimum absolute atomic E-state index is 0. The number of piperidine rings is 1. The molecule has 1 N–H and O–H groups in total. The van der Waals surface area contributed by atoms with Gasteiger partial charge in [0.1, 0.15) is 0 Å². The molecule has 3 heterocycles. The topological polar surface area (TPSA) is 50.2 Å². The molecule has 4 rings (SSSR count). The minimum atomic E-state index is 0. The molecule has 0 bridgehead atoms. The molecule has 154 valence electrons. The van der Waals surface area contributed by atoms with E-state index in [-0.39, 0.29) is 30.7 Å². The number of imidazole rings is 1. The highest BCUT2D eigenvalue weighted by molar-refractivity contribution is 5.94.